The number of carboxylic acid groups (broad SMARTS) is 1. The van der Waals surface area contributed by atoms with Gasteiger partial charge in [0.1, 0.15) is 11.5 Å². The maximum Gasteiger partial charge on any atom is 0.306 e. The Morgan fingerprint density at radius 3 is 2.44 bits per heavy atom. The third kappa shape index (κ3) is 4.82. The van der Waals surface area contributed by atoms with Gasteiger partial charge in [-0.25, -0.2) is 0 Å². The van der Waals surface area contributed by atoms with Crippen LogP contribution in [0.15, 0.2) is 42.5 Å². The molecule has 0 fully saturated rings. The number of carboxylic acids is 1. The highest BCUT2D eigenvalue weighted by Crippen LogP contribution is 2.39. The quantitative estimate of drug-likeness (QED) is 0.643. The normalized spacial score (nSPS) is 16.6. The lowest BCUT2D eigenvalue weighted by Crippen LogP contribution is -2.17. The van der Waals surface area contributed by atoms with Crippen molar-refractivity contribution in [3.63, 3.8) is 0 Å². The van der Waals surface area contributed by atoms with Crippen LogP contribution < -0.4 is 9.47 Å². The number of aryl methyl sites for hydroxylation is 2. The van der Waals surface area contributed by atoms with E-state index in [1.54, 1.807) is 6.92 Å². The number of benzene rings is 2. The zero-order valence-corrected chi connectivity index (χ0v) is 16.1. The van der Waals surface area contributed by atoms with Gasteiger partial charge in [-0.3, -0.25) is 4.79 Å². The van der Waals surface area contributed by atoms with Crippen LogP contribution in [-0.2, 0) is 17.6 Å². The number of carbonyl (C=O) groups is 1. The Morgan fingerprint density at radius 2 is 1.78 bits per heavy atom. The second-order valence-electron chi connectivity index (χ2n) is 7.18. The first-order chi connectivity index (χ1) is 13.1. The zero-order chi connectivity index (χ0) is 19.2. The molecule has 144 valence electrons. The van der Waals surface area contributed by atoms with Crippen molar-refractivity contribution >= 4 is 5.97 Å². The smallest absolute Gasteiger partial charge is 0.306 e. The van der Waals surface area contributed by atoms with Gasteiger partial charge in [0, 0.05) is 6.42 Å². The number of fused-ring (bicyclic) bond motifs is 1. The molecular weight excluding hydrogens is 340 g/mol. The van der Waals surface area contributed by atoms with Crippen LogP contribution in [0.25, 0.3) is 0 Å². The van der Waals surface area contributed by atoms with Gasteiger partial charge in [-0.05, 0) is 66.1 Å². The van der Waals surface area contributed by atoms with Crippen molar-refractivity contribution < 1.29 is 19.4 Å². The summed E-state index contributed by atoms with van der Waals surface area (Å²) in [4.78, 5) is 11.3. The molecular formula is C23H28O4. The van der Waals surface area contributed by atoms with Gasteiger partial charge in [0.2, 0.25) is 0 Å². The molecule has 0 saturated carbocycles. The van der Waals surface area contributed by atoms with Crippen LogP contribution in [-0.4, -0.2) is 24.3 Å². The van der Waals surface area contributed by atoms with E-state index < -0.39 is 5.97 Å². The molecule has 2 aromatic rings. The minimum atomic E-state index is -0.725. The summed E-state index contributed by atoms with van der Waals surface area (Å²) in [6.45, 7) is 5.15. The number of hydrogen-bond donors (Lipinski definition) is 1. The van der Waals surface area contributed by atoms with Crippen LogP contribution >= 0.6 is 0 Å². The Balaban J connectivity index is 1.44. The molecule has 3 rings (SSSR count). The highest BCUT2D eigenvalue weighted by molar-refractivity contribution is 5.71. The van der Waals surface area contributed by atoms with Crippen LogP contribution in [0.3, 0.4) is 0 Å². The Hall–Kier alpha value is -2.49. The molecule has 0 aromatic heterocycles. The highest BCUT2D eigenvalue weighted by atomic mass is 16.5. The predicted molar refractivity (Wildman–Crippen MR) is 106 cm³/mol. The second-order valence-corrected chi connectivity index (χ2v) is 7.18. The van der Waals surface area contributed by atoms with Crippen molar-refractivity contribution in [1.29, 1.82) is 0 Å². The Bertz CT molecular complexity index is 766. The Labute approximate surface area is 161 Å². The van der Waals surface area contributed by atoms with Crippen LogP contribution in [0.4, 0.5) is 0 Å². The summed E-state index contributed by atoms with van der Waals surface area (Å²) < 4.78 is 11.6. The molecule has 0 bridgehead atoms. The first kappa shape index (κ1) is 19.3. The molecule has 0 unspecified atom stereocenters. The van der Waals surface area contributed by atoms with Gasteiger partial charge >= 0.3 is 5.97 Å². The molecule has 4 nitrogen and oxygen atoms in total. The molecule has 0 spiro atoms. The summed E-state index contributed by atoms with van der Waals surface area (Å²) in [7, 11) is 0. The standard InChI is InChI=1S/C23H28O4/c1-3-17-5-8-19(9-6-17)26-13-4-14-27-20-10-12-22-18(15-20)7-11-21(22)16(2)23(24)25/h5-6,8-10,12,15-16,21H,3-4,7,11,13-14H2,1-2H3,(H,24,25)/t16-,21-/m0/s1. The number of aliphatic carboxylic acids is 1. The average Bonchev–Trinajstić information content (AvgIpc) is 3.10. The fourth-order valence-electron chi connectivity index (χ4n) is 3.67. The van der Waals surface area contributed by atoms with Gasteiger partial charge in [0.15, 0.2) is 0 Å². The summed E-state index contributed by atoms with van der Waals surface area (Å²) in [6, 6.07) is 14.3. The molecule has 2 atom stereocenters. The third-order valence-corrected chi connectivity index (χ3v) is 5.39. The van der Waals surface area contributed by atoms with Crippen molar-refractivity contribution in [1.82, 2.24) is 0 Å². The van der Waals surface area contributed by atoms with E-state index in [9.17, 15) is 9.90 Å². The van der Waals surface area contributed by atoms with Crippen LogP contribution in [0, 0.1) is 5.92 Å². The van der Waals surface area contributed by atoms with Crippen LogP contribution in [0.1, 0.15) is 49.3 Å². The van der Waals surface area contributed by atoms with Crippen molar-refractivity contribution in [3.05, 3.63) is 59.2 Å². The summed E-state index contributed by atoms with van der Waals surface area (Å²) in [5.74, 6) is 0.783. The summed E-state index contributed by atoms with van der Waals surface area (Å²) in [6.07, 6.45) is 3.67. The minimum Gasteiger partial charge on any atom is -0.493 e. The Kier molecular flexibility index (Phi) is 6.38. The molecule has 0 radical (unpaired) electrons. The lowest BCUT2D eigenvalue weighted by Gasteiger charge is -2.16. The van der Waals surface area contributed by atoms with Gasteiger partial charge in [-0.15, -0.1) is 0 Å². The first-order valence-corrected chi connectivity index (χ1v) is 9.78. The first-order valence-electron chi connectivity index (χ1n) is 9.78. The molecule has 2 aromatic carbocycles. The molecule has 1 aliphatic rings. The largest absolute Gasteiger partial charge is 0.493 e. The number of rotatable bonds is 9. The van der Waals surface area contributed by atoms with E-state index in [0.717, 1.165) is 42.7 Å². The average molecular weight is 368 g/mol. The van der Waals surface area contributed by atoms with E-state index in [0.29, 0.717) is 13.2 Å². The monoisotopic (exact) mass is 368 g/mol. The van der Waals surface area contributed by atoms with Crippen LogP contribution in [0.2, 0.25) is 0 Å². The maximum atomic E-state index is 11.3. The third-order valence-electron chi connectivity index (χ3n) is 5.39. The molecule has 0 amide bonds. The Morgan fingerprint density at radius 1 is 1.11 bits per heavy atom. The minimum absolute atomic E-state index is 0.110. The van der Waals surface area contributed by atoms with E-state index in [4.69, 9.17) is 9.47 Å². The van der Waals surface area contributed by atoms with E-state index >= 15 is 0 Å². The molecule has 1 N–H and O–H groups in total. The maximum absolute atomic E-state index is 11.3. The van der Waals surface area contributed by atoms with Gasteiger partial charge in [0.05, 0.1) is 19.1 Å². The topological polar surface area (TPSA) is 55.8 Å². The fraction of sp³-hybridized carbons (Fsp3) is 0.435. The molecule has 1 aliphatic carbocycles. The SMILES string of the molecule is CCc1ccc(OCCCOc2ccc3c(c2)CC[C@H]3[C@H](C)C(=O)O)cc1. The van der Waals surface area contributed by atoms with Gasteiger partial charge in [-0.1, -0.05) is 32.0 Å². The molecule has 0 saturated heterocycles. The highest BCUT2D eigenvalue weighted by Gasteiger charge is 2.31. The zero-order valence-electron chi connectivity index (χ0n) is 16.1. The van der Waals surface area contributed by atoms with Gasteiger partial charge < -0.3 is 14.6 Å². The predicted octanol–water partition coefficient (Wildman–Crippen LogP) is 4.85. The fourth-order valence-corrected chi connectivity index (χ4v) is 3.67. The van der Waals surface area contributed by atoms with E-state index in [1.807, 2.05) is 24.3 Å². The van der Waals surface area contributed by atoms with E-state index in [1.165, 1.54) is 11.1 Å². The molecule has 27 heavy (non-hydrogen) atoms. The molecule has 0 aliphatic heterocycles. The van der Waals surface area contributed by atoms with E-state index in [2.05, 4.69) is 25.1 Å². The lowest BCUT2D eigenvalue weighted by molar-refractivity contribution is -0.141. The van der Waals surface area contributed by atoms with Crippen molar-refractivity contribution in [3.8, 4) is 11.5 Å². The molecule has 0 heterocycles. The lowest BCUT2D eigenvalue weighted by atomic mass is 9.89. The summed E-state index contributed by atoms with van der Waals surface area (Å²) in [5.41, 5.74) is 3.69. The number of ether oxygens (including phenoxy) is 2. The number of hydrogen-bond acceptors (Lipinski definition) is 3. The summed E-state index contributed by atoms with van der Waals surface area (Å²) in [5, 5.41) is 9.26. The van der Waals surface area contributed by atoms with Gasteiger partial charge in [0.25, 0.3) is 0 Å². The van der Waals surface area contributed by atoms with Crippen molar-refractivity contribution in [2.75, 3.05) is 13.2 Å². The molecule has 4 heteroatoms. The van der Waals surface area contributed by atoms with E-state index in [-0.39, 0.29) is 11.8 Å². The van der Waals surface area contributed by atoms with Crippen LogP contribution in [0.5, 0.6) is 11.5 Å². The second kappa shape index (κ2) is 8.94. The van der Waals surface area contributed by atoms with Crippen molar-refractivity contribution in [2.45, 2.75) is 45.4 Å². The van der Waals surface area contributed by atoms with Crippen molar-refractivity contribution in [2.24, 2.45) is 5.92 Å². The van der Waals surface area contributed by atoms with Gasteiger partial charge in [-0.2, -0.15) is 0 Å². The summed E-state index contributed by atoms with van der Waals surface area (Å²) >= 11 is 0.